The van der Waals surface area contributed by atoms with Crippen LogP contribution in [0.15, 0.2) is 53.6 Å². The second-order valence-corrected chi connectivity index (χ2v) is 11.7. The van der Waals surface area contributed by atoms with E-state index in [2.05, 4.69) is 16.1 Å². The van der Waals surface area contributed by atoms with Crippen LogP contribution in [0.25, 0.3) is 0 Å². The van der Waals surface area contributed by atoms with Crippen LogP contribution in [-0.4, -0.2) is 30.2 Å². The predicted octanol–water partition coefficient (Wildman–Crippen LogP) is 3.86. The molecule has 5 rings (SSSR count). The van der Waals surface area contributed by atoms with Crippen LogP contribution >= 0.6 is 0 Å². The molecule has 1 N–H and O–H groups in total. The first-order valence-corrected chi connectivity index (χ1v) is 12.9. The third-order valence-corrected chi connectivity index (χ3v) is 9.72. The lowest BCUT2D eigenvalue weighted by Crippen LogP contribution is -2.45. The molecule has 0 heterocycles. The van der Waals surface area contributed by atoms with E-state index in [1.54, 1.807) is 24.3 Å². The third kappa shape index (κ3) is 3.59. The zero-order chi connectivity index (χ0) is 23.4. The Morgan fingerprint density at radius 3 is 2.64 bits per heavy atom. The van der Waals surface area contributed by atoms with Crippen LogP contribution in [0.1, 0.15) is 62.2 Å². The van der Waals surface area contributed by atoms with Gasteiger partial charge in [0.2, 0.25) is 4.93 Å². The highest BCUT2D eigenvalue weighted by atomic mass is 32.2. The monoisotopic (exact) mass is 472 g/mol. The second-order valence-electron chi connectivity index (χ2n) is 9.97. The Balaban J connectivity index is 1.32. The molecule has 0 spiro atoms. The number of allylic oxidation sites excluding steroid dienone is 2. The van der Waals surface area contributed by atoms with Crippen molar-refractivity contribution in [1.82, 2.24) is 0 Å². The molecule has 3 saturated carbocycles. The molecule has 0 radical (unpaired) electrons. The first-order valence-electron chi connectivity index (χ1n) is 11.5. The molecule has 7 nitrogen and oxygen atoms in total. The Hall–Kier alpha value is -2.29. The maximum atomic E-state index is 12.8. The van der Waals surface area contributed by atoms with Crippen LogP contribution in [-0.2, 0) is 24.1 Å². The number of hydrogen-bond donors (Lipinski definition) is 1. The summed E-state index contributed by atoms with van der Waals surface area (Å²) in [6.45, 7) is 2.11. The molecule has 1 aromatic rings. The molecule has 33 heavy (non-hydrogen) atoms. The summed E-state index contributed by atoms with van der Waals surface area (Å²) < 4.78 is 30.1. The van der Waals surface area contributed by atoms with Crippen molar-refractivity contribution < 1.29 is 32.3 Å². The van der Waals surface area contributed by atoms with Crippen LogP contribution in [0.2, 0.25) is 0 Å². The van der Waals surface area contributed by atoms with Gasteiger partial charge in [-0.2, -0.15) is 8.42 Å². The van der Waals surface area contributed by atoms with E-state index in [0.29, 0.717) is 30.5 Å². The van der Waals surface area contributed by atoms with Crippen molar-refractivity contribution in [2.24, 2.45) is 23.2 Å². The lowest BCUT2D eigenvalue weighted by molar-refractivity contribution is -0.149. The molecule has 3 fully saturated rings. The summed E-state index contributed by atoms with van der Waals surface area (Å²) in [4.78, 5) is 26.8. The number of carbonyl (C=O) groups is 2. The average molecular weight is 473 g/mol. The van der Waals surface area contributed by atoms with E-state index in [-0.39, 0.29) is 23.3 Å². The summed E-state index contributed by atoms with van der Waals surface area (Å²) >= 11 is 0. The van der Waals surface area contributed by atoms with Gasteiger partial charge in [0.15, 0.2) is 0 Å². The van der Waals surface area contributed by atoms with Crippen molar-refractivity contribution in [3.8, 4) is 0 Å². The van der Waals surface area contributed by atoms with Gasteiger partial charge in [0.05, 0.1) is 5.56 Å². The maximum Gasteiger partial charge on any atom is 0.374 e. The second kappa shape index (κ2) is 7.89. The molecular formula is C25H28O7S. The van der Waals surface area contributed by atoms with Gasteiger partial charge in [-0.1, -0.05) is 31.2 Å². The minimum Gasteiger partial charge on any atom is -0.369 e. The lowest BCUT2D eigenvalue weighted by atomic mass is 9.54. The third-order valence-electron chi connectivity index (χ3n) is 8.32. The van der Waals surface area contributed by atoms with Crippen molar-refractivity contribution in [2.75, 3.05) is 0 Å². The Kier molecular flexibility index (Phi) is 5.38. The van der Waals surface area contributed by atoms with E-state index < -0.39 is 21.0 Å². The zero-order valence-electron chi connectivity index (χ0n) is 18.5. The van der Waals surface area contributed by atoms with Crippen molar-refractivity contribution >= 4 is 21.9 Å². The summed E-state index contributed by atoms with van der Waals surface area (Å²) in [7, 11) is -4.65. The molecule has 5 atom stereocenters. The van der Waals surface area contributed by atoms with E-state index in [4.69, 9.17) is 0 Å². The van der Waals surface area contributed by atoms with Crippen LogP contribution in [0.3, 0.4) is 0 Å². The van der Waals surface area contributed by atoms with E-state index in [1.165, 1.54) is 18.2 Å². The molecule has 4 aliphatic rings. The molecular weight excluding hydrogens is 444 g/mol. The van der Waals surface area contributed by atoms with Gasteiger partial charge >= 0.3 is 16.1 Å². The Bertz CT molecular complexity index is 1150. The van der Waals surface area contributed by atoms with Gasteiger partial charge in [-0.15, -0.1) is 0 Å². The highest BCUT2D eigenvalue weighted by Crippen LogP contribution is 2.60. The molecule has 1 unspecified atom stereocenters. The molecule has 1 aromatic carbocycles. The minimum absolute atomic E-state index is 0.136. The summed E-state index contributed by atoms with van der Waals surface area (Å²) in [6, 6.07) is 7.87. The Labute approximate surface area is 193 Å². The van der Waals surface area contributed by atoms with E-state index in [9.17, 15) is 23.1 Å². The number of rotatable bonds is 4. The predicted molar refractivity (Wildman–Crippen MR) is 119 cm³/mol. The van der Waals surface area contributed by atoms with Gasteiger partial charge in [0, 0.05) is 18.3 Å². The van der Waals surface area contributed by atoms with Gasteiger partial charge in [0.1, 0.15) is 5.78 Å². The molecule has 0 bridgehead atoms. The molecule has 0 aliphatic heterocycles. The van der Waals surface area contributed by atoms with Gasteiger partial charge < -0.3 is 5.11 Å². The van der Waals surface area contributed by atoms with Crippen LogP contribution in [0.4, 0.5) is 0 Å². The highest BCUT2D eigenvalue weighted by Gasteiger charge is 2.56. The fraction of sp³-hybridized carbons (Fsp3) is 0.520. The standard InChI is InChI=1S/C25H28O7S/c1-24-13-11-19-18-12-14-25(28,15-17(18)7-8-20(19)21(24)9-10-22(24)26)33(29,30)32-31-23(27)16-5-3-2-4-6-16/h2-6,12,15,19-21,28H,7-11,13-14H2,1H3/t19-,20-,21+,24+,25?/m1/s1. The largest absolute Gasteiger partial charge is 0.374 e. The van der Waals surface area contributed by atoms with E-state index in [0.717, 1.165) is 36.8 Å². The molecule has 8 heteroatoms. The molecule has 4 aliphatic carbocycles. The number of Topliss-reactive ketones (excluding diaryl/α,β-unsaturated/α-hetero) is 1. The number of carbonyl (C=O) groups excluding carboxylic acids is 2. The number of ketones is 1. The summed E-state index contributed by atoms with van der Waals surface area (Å²) in [5.41, 5.74) is 1.81. The van der Waals surface area contributed by atoms with Crippen molar-refractivity contribution in [3.63, 3.8) is 0 Å². The van der Waals surface area contributed by atoms with Gasteiger partial charge in [-0.05, 0) is 83.5 Å². The number of benzene rings is 1. The number of aliphatic hydroxyl groups is 1. The van der Waals surface area contributed by atoms with E-state index >= 15 is 0 Å². The van der Waals surface area contributed by atoms with Crippen molar-refractivity contribution in [3.05, 3.63) is 59.2 Å². The zero-order valence-corrected chi connectivity index (χ0v) is 19.3. The number of fused-ring (bicyclic) bond motifs is 5. The number of hydrogen-bond acceptors (Lipinski definition) is 7. The Morgan fingerprint density at radius 2 is 1.88 bits per heavy atom. The van der Waals surface area contributed by atoms with Gasteiger partial charge in [-0.25, -0.2) is 4.79 Å². The van der Waals surface area contributed by atoms with Gasteiger partial charge in [0.25, 0.3) is 0 Å². The SMILES string of the molecule is C[C@]12CC[C@@H]3C4=CCC(O)(S(=O)(=O)OOC(=O)c5ccccc5)C=C4CC[C@H]3[C@@H]1CCC2=O. The van der Waals surface area contributed by atoms with E-state index in [1.807, 2.05) is 0 Å². The summed E-state index contributed by atoms with van der Waals surface area (Å²) in [6.07, 6.45) is 7.80. The van der Waals surface area contributed by atoms with Crippen LogP contribution in [0, 0.1) is 23.2 Å². The lowest BCUT2D eigenvalue weighted by Gasteiger charge is -2.50. The maximum absolute atomic E-state index is 12.8. The fourth-order valence-electron chi connectivity index (χ4n) is 6.51. The quantitative estimate of drug-likeness (QED) is 0.524. The Morgan fingerprint density at radius 1 is 1.12 bits per heavy atom. The molecule has 0 amide bonds. The van der Waals surface area contributed by atoms with Crippen molar-refractivity contribution in [1.29, 1.82) is 0 Å². The first kappa shape index (κ1) is 22.5. The van der Waals surface area contributed by atoms with Gasteiger partial charge in [-0.3, -0.25) is 9.68 Å². The van der Waals surface area contributed by atoms with Crippen molar-refractivity contribution in [2.45, 2.75) is 56.8 Å². The molecule has 0 aromatic heterocycles. The smallest absolute Gasteiger partial charge is 0.369 e. The average Bonchev–Trinajstić information content (AvgIpc) is 3.12. The highest BCUT2D eigenvalue weighted by molar-refractivity contribution is 7.88. The summed E-state index contributed by atoms with van der Waals surface area (Å²) in [5, 5.41) is 11.0. The van der Waals surface area contributed by atoms with Crippen LogP contribution in [0.5, 0.6) is 0 Å². The minimum atomic E-state index is -4.65. The molecule has 176 valence electrons. The normalized spacial score (nSPS) is 35.6. The van der Waals surface area contributed by atoms with Crippen LogP contribution < -0.4 is 0 Å². The first-order chi connectivity index (χ1) is 15.6. The molecule has 0 saturated heterocycles. The fourth-order valence-corrected chi connectivity index (χ4v) is 7.35. The topological polar surface area (TPSA) is 107 Å². The summed E-state index contributed by atoms with van der Waals surface area (Å²) in [5.74, 6) is 0.478.